The lowest BCUT2D eigenvalue weighted by Gasteiger charge is -2.38. The van der Waals surface area contributed by atoms with Crippen LogP contribution >= 0.6 is 0 Å². The second-order valence-electron chi connectivity index (χ2n) is 14.1. The molecule has 5 bridgehead atoms. The van der Waals surface area contributed by atoms with E-state index >= 15 is 0 Å². The number of anilines is 1. The Labute approximate surface area is 312 Å². The number of allylic oxidation sites excluding steroid dienone is 2. The maximum atomic E-state index is 14.2. The molecule has 0 aliphatic carbocycles. The predicted octanol–water partition coefficient (Wildman–Crippen LogP) is 4.51. The normalized spacial score (nSPS) is 30.3. The molecule has 15 nitrogen and oxygen atoms in total. The number of phenolic OH excluding ortho intramolecular Hbond substituents is 2. The summed E-state index contributed by atoms with van der Waals surface area (Å²) in [6.45, 7) is 11.4. The standard InChI is InChI=1S/C39H49NO14/c1-17-11-10-12-18(2)38(49)40-24-15-26(51-16-27(42)43)28-29(34(24)47)33(46)22(6)36-30(28)37(48)39(8,54-36)52-14-13-25(50-9)19(3)35(53-23(7)41)21(5)32(45)20(4)31(17)44/h10-15,17,19-21,25,31-32,35,44-47H,16H2,1-9H3,(H,40,49)(H,42,43)/b11-10?,14-13?,18-12-/t17-,19+,20+,21+,25-,31-,32+,35+,39-/m0/s1. The Kier molecular flexibility index (Phi) is 12.7. The van der Waals surface area contributed by atoms with Gasteiger partial charge in [0.1, 0.15) is 23.4 Å². The van der Waals surface area contributed by atoms with Gasteiger partial charge in [0.25, 0.3) is 11.7 Å². The molecular formula is C39H49NO14. The van der Waals surface area contributed by atoms with Crippen LogP contribution in [0.3, 0.4) is 0 Å². The van der Waals surface area contributed by atoms with Crippen molar-refractivity contribution in [1.29, 1.82) is 0 Å². The molecule has 0 radical (unpaired) electrons. The number of aliphatic hydroxyl groups excluding tert-OH is 2. The van der Waals surface area contributed by atoms with E-state index in [4.69, 9.17) is 23.7 Å². The molecule has 0 saturated heterocycles. The number of amides is 1. The number of carboxylic acid groups (broad SMARTS) is 1. The van der Waals surface area contributed by atoms with Crippen molar-refractivity contribution in [2.24, 2.45) is 23.7 Å². The highest BCUT2D eigenvalue weighted by molar-refractivity contribution is 6.21. The van der Waals surface area contributed by atoms with Gasteiger partial charge in [-0.25, -0.2) is 4.79 Å². The van der Waals surface area contributed by atoms with Crippen molar-refractivity contribution in [3.8, 4) is 23.0 Å². The van der Waals surface area contributed by atoms with E-state index in [1.54, 1.807) is 39.8 Å². The number of Topliss-reactive ketones (excluding diaryl/α,β-unsaturated/α-hetero) is 1. The number of carbonyl (C=O) groups excluding carboxylic acids is 3. The van der Waals surface area contributed by atoms with Crippen LogP contribution in [0.1, 0.15) is 64.4 Å². The molecule has 0 spiro atoms. The maximum Gasteiger partial charge on any atom is 0.341 e. The number of aliphatic hydroxyl groups is 2. The lowest BCUT2D eigenvalue weighted by Crippen LogP contribution is -2.46. The van der Waals surface area contributed by atoms with Gasteiger partial charge in [-0.3, -0.25) is 14.4 Å². The Morgan fingerprint density at radius 3 is 2.24 bits per heavy atom. The van der Waals surface area contributed by atoms with Gasteiger partial charge in [0.15, 0.2) is 12.4 Å². The van der Waals surface area contributed by atoms with Crippen molar-refractivity contribution < 1.29 is 68.4 Å². The van der Waals surface area contributed by atoms with Gasteiger partial charge in [0, 0.05) is 67.2 Å². The Bertz CT molecular complexity index is 1900. The van der Waals surface area contributed by atoms with E-state index in [2.05, 4.69) is 5.32 Å². The third-order valence-electron chi connectivity index (χ3n) is 10.2. The number of ketones is 1. The fourth-order valence-electron chi connectivity index (χ4n) is 6.89. The summed E-state index contributed by atoms with van der Waals surface area (Å²) in [7, 11) is 1.41. The molecule has 6 N–H and O–H groups in total. The number of aromatic hydroxyl groups is 2. The molecule has 15 heteroatoms. The van der Waals surface area contributed by atoms with Gasteiger partial charge in [0.2, 0.25) is 0 Å². The highest BCUT2D eigenvalue weighted by atomic mass is 16.7. The zero-order valence-corrected chi connectivity index (χ0v) is 31.7. The second kappa shape index (κ2) is 16.5. The van der Waals surface area contributed by atoms with Crippen LogP contribution in [0.15, 0.2) is 42.2 Å². The predicted molar refractivity (Wildman–Crippen MR) is 195 cm³/mol. The Morgan fingerprint density at radius 1 is 0.963 bits per heavy atom. The van der Waals surface area contributed by atoms with Gasteiger partial charge < -0.3 is 54.5 Å². The highest BCUT2D eigenvalue weighted by Crippen LogP contribution is 2.54. The summed E-state index contributed by atoms with van der Waals surface area (Å²) in [5.74, 6) is -9.54. The van der Waals surface area contributed by atoms with Crippen molar-refractivity contribution in [3.05, 3.63) is 53.3 Å². The maximum absolute atomic E-state index is 14.2. The van der Waals surface area contributed by atoms with Gasteiger partial charge in [-0.2, -0.15) is 0 Å². The molecule has 2 aromatic rings. The monoisotopic (exact) mass is 755 g/mol. The molecule has 294 valence electrons. The van der Waals surface area contributed by atoms with Crippen molar-refractivity contribution in [2.45, 2.75) is 85.6 Å². The third-order valence-corrected chi connectivity index (χ3v) is 10.2. The van der Waals surface area contributed by atoms with Crippen molar-refractivity contribution in [2.75, 3.05) is 19.0 Å². The van der Waals surface area contributed by atoms with Gasteiger partial charge in [0.05, 0.1) is 41.2 Å². The molecule has 5 rings (SSSR count). The van der Waals surface area contributed by atoms with Gasteiger partial charge >= 0.3 is 17.7 Å². The fraction of sp³-hybridized carbons (Fsp3) is 0.487. The largest absolute Gasteiger partial charge is 0.507 e. The molecule has 9 atom stereocenters. The van der Waals surface area contributed by atoms with Crippen molar-refractivity contribution in [1.82, 2.24) is 0 Å². The molecule has 0 fully saturated rings. The van der Waals surface area contributed by atoms with E-state index in [0.29, 0.717) is 0 Å². The van der Waals surface area contributed by atoms with Gasteiger partial charge in [-0.05, 0) is 19.9 Å². The number of hydrogen-bond acceptors (Lipinski definition) is 13. The molecule has 54 heavy (non-hydrogen) atoms. The number of rotatable bonds is 5. The number of methoxy groups -OCH3 is 1. The molecule has 0 saturated carbocycles. The first-order valence-corrected chi connectivity index (χ1v) is 17.5. The number of esters is 1. The van der Waals surface area contributed by atoms with Crippen LogP contribution in [-0.2, 0) is 28.6 Å². The number of ether oxygens (including phenoxy) is 5. The summed E-state index contributed by atoms with van der Waals surface area (Å²) in [4.78, 5) is 51.3. The van der Waals surface area contributed by atoms with Crippen LogP contribution in [0.4, 0.5) is 5.69 Å². The average molecular weight is 756 g/mol. The first kappa shape index (κ1) is 41.6. The van der Waals surface area contributed by atoms with E-state index < -0.39 is 95.6 Å². The van der Waals surface area contributed by atoms with Gasteiger partial charge in [-0.1, -0.05) is 45.9 Å². The summed E-state index contributed by atoms with van der Waals surface area (Å²) < 4.78 is 28.9. The third kappa shape index (κ3) is 8.17. The lowest BCUT2D eigenvalue weighted by molar-refractivity contribution is -0.160. The molecule has 3 heterocycles. The number of nitrogens with one attached hydrogen (secondary N) is 1. The molecule has 1 amide bonds. The zero-order valence-electron chi connectivity index (χ0n) is 31.7. The Balaban J connectivity index is 1.93. The van der Waals surface area contributed by atoms with E-state index in [0.717, 1.165) is 6.07 Å². The molecule has 0 unspecified atom stereocenters. The quantitative estimate of drug-likeness (QED) is 0.182. The van der Waals surface area contributed by atoms with E-state index in [-0.39, 0.29) is 44.7 Å². The van der Waals surface area contributed by atoms with Crippen LogP contribution in [0.5, 0.6) is 23.0 Å². The second-order valence-corrected chi connectivity index (χ2v) is 14.1. The number of carboxylic acids is 1. The first-order valence-electron chi connectivity index (χ1n) is 17.5. The van der Waals surface area contributed by atoms with Crippen LogP contribution in [0, 0.1) is 30.6 Å². The lowest BCUT2D eigenvalue weighted by atomic mass is 9.78. The number of hydrogen-bond donors (Lipinski definition) is 6. The molecule has 2 aromatic carbocycles. The molecular weight excluding hydrogens is 706 g/mol. The van der Waals surface area contributed by atoms with E-state index in [1.165, 1.54) is 53.2 Å². The molecule has 0 aromatic heterocycles. The number of benzene rings is 2. The Morgan fingerprint density at radius 2 is 1.63 bits per heavy atom. The van der Waals surface area contributed by atoms with Crippen molar-refractivity contribution in [3.63, 3.8) is 0 Å². The summed E-state index contributed by atoms with van der Waals surface area (Å²) >= 11 is 0. The van der Waals surface area contributed by atoms with E-state index in [1.807, 2.05) is 0 Å². The summed E-state index contributed by atoms with van der Waals surface area (Å²) in [5.41, 5.74) is -0.251. The number of carbonyl (C=O) groups is 4. The van der Waals surface area contributed by atoms with Gasteiger partial charge in [-0.15, -0.1) is 0 Å². The summed E-state index contributed by atoms with van der Waals surface area (Å²) in [6.07, 6.45) is 3.37. The van der Waals surface area contributed by atoms with Crippen molar-refractivity contribution >= 4 is 40.1 Å². The average Bonchev–Trinajstić information content (AvgIpc) is 3.38. The number of fused-ring (bicyclic) bond motifs is 14. The molecule has 3 aliphatic heterocycles. The number of aliphatic carboxylic acids is 1. The Hall–Kier alpha value is -5.12. The smallest absolute Gasteiger partial charge is 0.341 e. The van der Waals surface area contributed by atoms with Crippen LogP contribution in [0.25, 0.3) is 10.8 Å². The minimum atomic E-state index is -2.05. The SMILES string of the molecule is CO[C@H]1C=CO[C@@]2(C)Oc3c(C)c(O)c4c(O)c(cc(OCC(=O)O)c4c3C2=O)NC(=O)/C(C)=C\C=C[C@H](C)[C@H](O)[C@@H](C)[C@@H](O)[C@@H](C)[C@H](OC(C)=O)[C@@H]1C. The summed E-state index contributed by atoms with van der Waals surface area (Å²) in [5, 5.41) is 57.0. The summed E-state index contributed by atoms with van der Waals surface area (Å²) in [6, 6.07) is 1.13. The highest BCUT2D eigenvalue weighted by Gasteiger charge is 2.49. The minimum Gasteiger partial charge on any atom is -0.507 e. The van der Waals surface area contributed by atoms with Crippen LogP contribution in [0.2, 0.25) is 0 Å². The van der Waals surface area contributed by atoms with Crippen LogP contribution in [-0.4, -0.2) is 93.1 Å². The number of phenols is 2. The van der Waals surface area contributed by atoms with Crippen LogP contribution < -0.4 is 14.8 Å². The zero-order chi connectivity index (χ0) is 40.4. The van der Waals surface area contributed by atoms with E-state index in [9.17, 15) is 44.7 Å². The molecule has 3 aliphatic rings. The first-order chi connectivity index (χ1) is 25.2. The fourth-order valence-corrected chi connectivity index (χ4v) is 6.89. The minimum absolute atomic E-state index is 0.0301. The topological polar surface area (TPSA) is 228 Å².